The molecule has 106 valence electrons. The molecule has 1 heterocycles. The summed E-state index contributed by atoms with van der Waals surface area (Å²) >= 11 is 0. The van der Waals surface area contributed by atoms with E-state index in [0.717, 1.165) is 30.6 Å². The summed E-state index contributed by atoms with van der Waals surface area (Å²) in [7, 11) is 1.63. The minimum Gasteiger partial charge on any atom is -0.389 e. The number of aliphatic hydroxyl groups is 1. The molecule has 1 amide bonds. The summed E-state index contributed by atoms with van der Waals surface area (Å²) < 4.78 is 0. The number of likely N-dealkylation sites (N-methyl/N-ethyl adjacent to an activating group) is 1. The molecule has 0 spiro atoms. The Morgan fingerprint density at radius 1 is 1.60 bits per heavy atom. The molecule has 5 nitrogen and oxygen atoms in total. The van der Waals surface area contributed by atoms with Crippen molar-refractivity contribution >= 4 is 11.6 Å². The standard InChI is InChI=1S/C15H19N3O2/c1-10(19)12-6-5-11(9-16)8-14(12)18-7-3-4-13(18)15(20)17-2/h5-6,8,10,13,19H,3-4,7H2,1-2H3,(H,17,20)/t10-,13?/m0/s1. The van der Waals surface area contributed by atoms with E-state index in [1.54, 1.807) is 32.2 Å². The second kappa shape index (κ2) is 5.93. The molecule has 20 heavy (non-hydrogen) atoms. The fraction of sp³-hybridized carbons (Fsp3) is 0.467. The highest BCUT2D eigenvalue weighted by molar-refractivity contribution is 5.86. The molecule has 5 heteroatoms. The van der Waals surface area contributed by atoms with E-state index in [-0.39, 0.29) is 11.9 Å². The van der Waals surface area contributed by atoms with Crippen molar-refractivity contribution < 1.29 is 9.90 Å². The average Bonchev–Trinajstić information content (AvgIpc) is 2.94. The Morgan fingerprint density at radius 2 is 2.35 bits per heavy atom. The number of nitriles is 1. The van der Waals surface area contributed by atoms with Crippen LogP contribution in [0, 0.1) is 11.3 Å². The lowest BCUT2D eigenvalue weighted by Crippen LogP contribution is -2.42. The Morgan fingerprint density at radius 3 is 2.95 bits per heavy atom. The maximum Gasteiger partial charge on any atom is 0.242 e. The van der Waals surface area contributed by atoms with Gasteiger partial charge in [0.1, 0.15) is 6.04 Å². The molecule has 1 aromatic carbocycles. The van der Waals surface area contributed by atoms with Crippen LogP contribution in [0.3, 0.4) is 0 Å². The summed E-state index contributed by atoms with van der Waals surface area (Å²) in [5, 5.41) is 21.6. The molecule has 2 rings (SSSR count). The molecule has 2 N–H and O–H groups in total. The van der Waals surface area contributed by atoms with Gasteiger partial charge in [0.05, 0.1) is 17.7 Å². The van der Waals surface area contributed by atoms with Crippen LogP contribution < -0.4 is 10.2 Å². The van der Waals surface area contributed by atoms with Gasteiger partial charge in [-0.3, -0.25) is 4.79 Å². The van der Waals surface area contributed by atoms with Crippen molar-refractivity contribution in [3.8, 4) is 6.07 Å². The molecule has 0 radical (unpaired) electrons. The predicted molar refractivity (Wildman–Crippen MR) is 76.2 cm³/mol. The molecule has 0 aromatic heterocycles. The zero-order chi connectivity index (χ0) is 14.7. The van der Waals surface area contributed by atoms with Gasteiger partial charge in [-0.2, -0.15) is 5.26 Å². The molecule has 1 fully saturated rings. The van der Waals surface area contributed by atoms with Gasteiger partial charge < -0.3 is 15.3 Å². The number of benzene rings is 1. The molecule has 1 saturated heterocycles. The molecule has 1 aliphatic heterocycles. The minimum atomic E-state index is -0.635. The summed E-state index contributed by atoms with van der Waals surface area (Å²) in [6, 6.07) is 7.08. The van der Waals surface area contributed by atoms with Gasteiger partial charge in [0.25, 0.3) is 0 Å². The second-order valence-corrected chi connectivity index (χ2v) is 5.03. The van der Waals surface area contributed by atoms with Crippen LogP contribution in [-0.2, 0) is 4.79 Å². The number of aliphatic hydroxyl groups excluding tert-OH is 1. The summed E-state index contributed by atoms with van der Waals surface area (Å²) in [5.41, 5.74) is 2.07. The Bertz CT molecular complexity index is 549. The molecule has 2 atom stereocenters. The predicted octanol–water partition coefficient (Wildman–Crippen LogP) is 1.33. The summed E-state index contributed by atoms with van der Waals surface area (Å²) in [6.45, 7) is 2.45. The molecule has 1 aromatic rings. The van der Waals surface area contributed by atoms with E-state index in [1.165, 1.54) is 0 Å². The van der Waals surface area contributed by atoms with Crippen LogP contribution in [0.15, 0.2) is 18.2 Å². The number of rotatable bonds is 3. The third-order valence-corrected chi connectivity index (χ3v) is 3.72. The quantitative estimate of drug-likeness (QED) is 0.871. The first kappa shape index (κ1) is 14.4. The van der Waals surface area contributed by atoms with E-state index in [9.17, 15) is 9.90 Å². The van der Waals surface area contributed by atoms with E-state index in [2.05, 4.69) is 11.4 Å². The number of carbonyl (C=O) groups is 1. The number of nitrogens with one attached hydrogen (secondary N) is 1. The fourth-order valence-electron chi connectivity index (χ4n) is 2.71. The first-order chi connectivity index (χ1) is 9.58. The topological polar surface area (TPSA) is 76.4 Å². The zero-order valence-corrected chi connectivity index (χ0v) is 11.8. The number of carbonyl (C=O) groups excluding carboxylic acids is 1. The first-order valence-corrected chi connectivity index (χ1v) is 6.78. The van der Waals surface area contributed by atoms with Crippen LogP contribution in [0.4, 0.5) is 5.69 Å². The van der Waals surface area contributed by atoms with Gasteiger partial charge in [-0.1, -0.05) is 6.07 Å². The lowest BCUT2D eigenvalue weighted by Gasteiger charge is -2.28. The summed E-state index contributed by atoms with van der Waals surface area (Å²) in [4.78, 5) is 13.9. The largest absolute Gasteiger partial charge is 0.389 e. The van der Waals surface area contributed by atoms with Crippen molar-refractivity contribution in [2.24, 2.45) is 0 Å². The number of amides is 1. The van der Waals surface area contributed by atoms with Crippen LogP contribution in [-0.4, -0.2) is 30.6 Å². The first-order valence-electron chi connectivity index (χ1n) is 6.78. The smallest absolute Gasteiger partial charge is 0.242 e. The fourth-order valence-corrected chi connectivity index (χ4v) is 2.71. The molecule has 0 aliphatic carbocycles. The lowest BCUT2D eigenvalue weighted by molar-refractivity contribution is -0.121. The molecule has 0 bridgehead atoms. The van der Waals surface area contributed by atoms with Crippen molar-refractivity contribution in [2.75, 3.05) is 18.5 Å². The van der Waals surface area contributed by atoms with E-state index in [4.69, 9.17) is 5.26 Å². The SMILES string of the molecule is CNC(=O)C1CCCN1c1cc(C#N)ccc1[C@H](C)O. The van der Waals surface area contributed by atoms with Gasteiger partial charge in [0.2, 0.25) is 5.91 Å². The van der Waals surface area contributed by atoms with Gasteiger partial charge in [-0.05, 0) is 31.9 Å². The van der Waals surface area contributed by atoms with E-state index in [1.807, 2.05) is 4.90 Å². The number of anilines is 1. The van der Waals surface area contributed by atoms with Crippen LogP contribution in [0.2, 0.25) is 0 Å². The van der Waals surface area contributed by atoms with Gasteiger partial charge in [-0.15, -0.1) is 0 Å². The third kappa shape index (κ3) is 2.61. The average molecular weight is 273 g/mol. The van der Waals surface area contributed by atoms with E-state index >= 15 is 0 Å². The van der Waals surface area contributed by atoms with Gasteiger partial charge >= 0.3 is 0 Å². The highest BCUT2D eigenvalue weighted by atomic mass is 16.3. The van der Waals surface area contributed by atoms with Crippen molar-refractivity contribution in [3.05, 3.63) is 29.3 Å². The molecule has 0 saturated carbocycles. The second-order valence-electron chi connectivity index (χ2n) is 5.03. The molecular formula is C15H19N3O2. The Balaban J connectivity index is 2.44. The zero-order valence-electron chi connectivity index (χ0n) is 11.8. The van der Waals surface area contributed by atoms with E-state index < -0.39 is 6.10 Å². The van der Waals surface area contributed by atoms with Crippen LogP contribution >= 0.6 is 0 Å². The Kier molecular flexibility index (Phi) is 4.26. The molecular weight excluding hydrogens is 254 g/mol. The highest BCUT2D eigenvalue weighted by Crippen LogP contribution is 2.33. The lowest BCUT2D eigenvalue weighted by atomic mass is 10.0. The van der Waals surface area contributed by atoms with Gasteiger partial charge in [0, 0.05) is 24.8 Å². The van der Waals surface area contributed by atoms with Crippen molar-refractivity contribution in [1.82, 2.24) is 5.32 Å². The van der Waals surface area contributed by atoms with Gasteiger partial charge in [-0.25, -0.2) is 0 Å². The Labute approximate surface area is 118 Å². The number of nitrogens with zero attached hydrogens (tertiary/aromatic N) is 2. The molecule has 1 unspecified atom stereocenters. The normalized spacial score (nSPS) is 19.5. The minimum absolute atomic E-state index is 0.0265. The maximum atomic E-state index is 12.0. The Hall–Kier alpha value is -2.06. The van der Waals surface area contributed by atoms with Gasteiger partial charge in [0.15, 0.2) is 0 Å². The maximum absolute atomic E-state index is 12.0. The van der Waals surface area contributed by atoms with Crippen LogP contribution in [0.1, 0.15) is 37.0 Å². The number of hydrogen-bond acceptors (Lipinski definition) is 4. The third-order valence-electron chi connectivity index (χ3n) is 3.72. The monoisotopic (exact) mass is 273 g/mol. The molecule has 1 aliphatic rings. The number of hydrogen-bond donors (Lipinski definition) is 2. The summed E-state index contributed by atoms with van der Waals surface area (Å²) in [6.07, 6.45) is 1.08. The van der Waals surface area contributed by atoms with E-state index in [0.29, 0.717) is 5.56 Å². The van der Waals surface area contributed by atoms with Crippen LogP contribution in [0.5, 0.6) is 0 Å². The van der Waals surface area contributed by atoms with Crippen molar-refractivity contribution in [2.45, 2.75) is 31.9 Å². The highest BCUT2D eigenvalue weighted by Gasteiger charge is 2.32. The van der Waals surface area contributed by atoms with Crippen molar-refractivity contribution in [1.29, 1.82) is 5.26 Å². The van der Waals surface area contributed by atoms with Crippen LogP contribution in [0.25, 0.3) is 0 Å². The van der Waals surface area contributed by atoms with Crippen molar-refractivity contribution in [3.63, 3.8) is 0 Å². The summed E-state index contributed by atoms with van der Waals surface area (Å²) in [5.74, 6) is -0.0265.